The number of rotatable bonds is 3. The highest BCUT2D eigenvalue weighted by molar-refractivity contribution is 5.81. The maximum atomic E-state index is 11.3. The molecule has 1 amide bonds. The van der Waals surface area contributed by atoms with Crippen LogP contribution in [0.5, 0.6) is 0 Å². The van der Waals surface area contributed by atoms with Crippen LogP contribution in [0.1, 0.15) is 32.6 Å². The van der Waals surface area contributed by atoms with Crippen molar-refractivity contribution >= 4 is 5.91 Å². The van der Waals surface area contributed by atoms with E-state index in [9.17, 15) is 4.79 Å². The third-order valence-corrected chi connectivity index (χ3v) is 2.33. The van der Waals surface area contributed by atoms with E-state index in [1.807, 2.05) is 13.0 Å². The van der Waals surface area contributed by atoms with Gasteiger partial charge in [-0.2, -0.15) is 5.26 Å². The van der Waals surface area contributed by atoms with E-state index in [0.717, 1.165) is 12.8 Å². The van der Waals surface area contributed by atoms with Crippen molar-refractivity contribution in [2.45, 2.75) is 38.6 Å². The molecule has 0 aromatic carbocycles. The first-order valence-electron chi connectivity index (χ1n) is 4.48. The van der Waals surface area contributed by atoms with Crippen LogP contribution >= 0.6 is 0 Å². The predicted molar refractivity (Wildman–Crippen MR) is 45.2 cm³/mol. The predicted octanol–water partition coefficient (Wildman–Crippen LogP) is 1.20. The number of nitrogens with zero attached hydrogens (tertiary/aromatic N) is 1. The van der Waals surface area contributed by atoms with Crippen molar-refractivity contribution in [2.24, 2.45) is 5.92 Å². The molecule has 3 nitrogen and oxygen atoms in total. The molecule has 1 fully saturated rings. The Morgan fingerprint density at radius 1 is 1.75 bits per heavy atom. The van der Waals surface area contributed by atoms with Gasteiger partial charge in [-0.05, 0) is 25.7 Å². The Bertz CT molecular complexity index is 203. The van der Waals surface area contributed by atoms with Crippen LogP contribution in [0.25, 0.3) is 0 Å². The summed E-state index contributed by atoms with van der Waals surface area (Å²) in [6.45, 7) is 1.86. The number of carbonyl (C=O) groups is 1. The second kappa shape index (κ2) is 4.10. The molecule has 0 radical (unpaired) electrons. The lowest BCUT2D eigenvalue weighted by Gasteiger charge is -2.27. The summed E-state index contributed by atoms with van der Waals surface area (Å²) in [6.07, 6.45) is 3.96. The van der Waals surface area contributed by atoms with Gasteiger partial charge in [0.05, 0.1) is 6.07 Å². The average Bonchev–Trinajstić information content (AvgIpc) is 1.99. The number of nitrogens with one attached hydrogen (secondary N) is 1. The minimum absolute atomic E-state index is 0.0929. The van der Waals surface area contributed by atoms with E-state index < -0.39 is 5.92 Å². The van der Waals surface area contributed by atoms with Crippen molar-refractivity contribution in [3.63, 3.8) is 0 Å². The van der Waals surface area contributed by atoms with Crippen LogP contribution in [0.2, 0.25) is 0 Å². The fraction of sp³-hybridized carbons (Fsp3) is 0.778. The van der Waals surface area contributed by atoms with Crippen LogP contribution < -0.4 is 5.32 Å². The van der Waals surface area contributed by atoms with Gasteiger partial charge in [0.15, 0.2) is 0 Å². The first kappa shape index (κ1) is 9.05. The third kappa shape index (κ3) is 1.97. The van der Waals surface area contributed by atoms with Gasteiger partial charge in [0, 0.05) is 6.04 Å². The number of carbonyl (C=O) groups excluding carboxylic acids is 1. The molecular weight excluding hydrogens is 152 g/mol. The Labute approximate surface area is 72.8 Å². The molecule has 1 aliphatic carbocycles. The Morgan fingerprint density at radius 3 is 2.75 bits per heavy atom. The number of amides is 1. The molecule has 1 rings (SSSR count). The fourth-order valence-corrected chi connectivity index (χ4v) is 1.19. The van der Waals surface area contributed by atoms with E-state index in [4.69, 9.17) is 5.26 Å². The molecular formula is C9H14N2O. The van der Waals surface area contributed by atoms with Crippen molar-refractivity contribution in [1.29, 1.82) is 5.26 Å². The van der Waals surface area contributed by atoms with Crippen LogP contribution in [0.3, 0.4) is 0 Å². The van der Waals surface area contributed by atoms with E-state index in [-0.39, 0.29) is 5.91 Å². The summed E-state index contributed by atoms with van der Waals surface area (Å²) >= 11 is 0. The molecule has 12 heavy (non-hydrogen) atoms. The van der Waals surface area contributed by atoms with Crippen LogP contribution in [0.15, 0.2) is 0 Å². The molecule has 3 heteroatoms. The molecule has 1 saturated carbocycles. The molecule has 0 spiro atoms. The van der Waals surface area contributed by atoms with Crippen LogP contribution in [0, 0.1) is 17.2 Å². The molecule has 0 aromatic rings. The van der Waals surface area contributed by atoms with Gasteiger partial charge in [-0.25, -0.2) is 0 Å². The fourth-order valence-electron chi connectivity index (χ4n) is 1.19. The highest BCUT2D eigenvalue weighted by Crippen LogP contribution is 2.18. The zero-order valence-electron chi connectivity index (χ0n) is 7.34. The molecule has 1 aliphatic rings. The van der Waals surface area contributed by atoms with Crippen LogP contribution in [-0.2, 0) is 4.79 Å². The first-order valence-corrected chi connectivity index (χ1v) is 4.48. The standard InChI is InChI=1S/C9H14N2O/c1-2-7(6-10)9(12)11-8-4-3-5-8/h7-8H,2-5H2,1H3,(H,11,12). The lowest BCUT2D eigenvalue weighted by Crippen LogP contribution is -2.42. The largest absolute Gasteiger partial charge is 0.352 e. The number of nitriles is 1. The van der Waals surface area contributed by atoms with E-state index in [2.05, 4.69) is 5.32 Å². The zero-order chi connectivity index (χ0) is 8.97. The van der Waals surface area contributed by atoms with Gasteiger partial charge in [-0.1, -0.05) is 6.92 Å². The van der Waals surface area contributed by atoms with Gasteiger partial charge in [-0.15, -0.1) is 0 Å². The van der Waals surface area contributed by atoms with Crippen molar-refractivity contribution in [3.05, 3.63) is 0 Å². The first-order chi connectivity index (χ1) is 5.77. The van der Waals surface area contributed by atoms with Gasteiger partial charge in [0.25, 0.3) is 0 Å². The van der Waals surface area contributed by atoms with Crippen molar-refractivity contribution in [3.8, 4) is 6.07 Å². The Hall–Kier alpha value is -1.04. The van der Waals surface area contributed by atoms with E-state index in [1.165, 1.54) is 6.42 Å². The van der Waals surface area contributed by atoms with Gasteiger partial charge in [0.1, 0.15) is 5.92 Å². The number of hydrogen-bond donors (Lipinski definition) is 1. The molecule has 0 heterocycles. The topological polar surface area (TPSA) is 52.9 Å². The summed E-state index contributed by atoms with van der Waals surface area (Å²) in [6, 6.07) is 2.34. The maximum Gasteiger partial charge on any atom is 0.237 e. The SMILES string of the molecule is CCC(C#N)C(=O)NC1CCC1. The van der Waals surface area contributed by atoms with Crippen LogP contribution in [-0.4, -0.2) is 11.9 Å². The average molecular weight is 166 g/mol. The summed E-state index contributed by atoms with van der Waals surface area (Å²) < 4.78 is 0. The normalized spacial score (nSPS) is 19.0. The maximum absolute atomic E-state index is 11.3. The minimum atomic E-state index is -0.453. The molecule has 0 bridgehead atoms. The smallest absolute Gasteiger partial charge is 0.237 e. The Balaban J connectivity index is 2.30. The van der Waals surface area contributed by atoms with E-state index in [0.29, 0.717) is 12.5 Å². The van der Waals surface area contributed by atoms with Gasteiger partial charge in [0.2, 0.25) is 5.91 Å². The minimum Gasteiger partial charge on any atom is -0.352 e. The number of hydrogen-bond acceptors (Lipinski definition) is 2. The molecule has 1 atom stereocenters. The van der Waals surface area contributed by atoms with E-state index >= 15 is 0 Å². The monoisotopic (exact) mass is 166 g/mol. The molecule has 1 unspecified atom stereocenters. The quantitative estimate of drug-likeness (QED) is 0.685. The molecule has 0 saturated heterocycles. The summed E-state index contributed by atoms with van der Waals surface area (Å²) in [5, 5.41) is 11.4. The Morgan fingerprint density at radius 2 is 2.42 bits per heavy atom. The highest BCUT2D eigenvalue weighted by Gasteiger charge is 2.23. The molecule has 1 N–H and O–H groups in total. The van der Waals surface area contributed by atoms with Gasteiger partial charge >= 0.3 is 0 Å². The summed E-state index contributed by atoms with van der Waals surface area (Å²) in [7, 11) is 0. The Kier molecular flexibility index (Phi) is 3.09. The second-order valence-electron chi connectivity index (χ2n) is 3.23. The van der Waals surface area contributed by atoms with Gasteiger partial charge in [-0.3, -0.25) is 4.79 Å². The lowest BCUT2D eigenvalue weighted by molar-refractivity contribution is -0.124. The van der Waals surface area contributed by atoms with Gasteiger partial charge < -0.3 is 5.32 Å². The van der Waals surface area contributed by atoms with Crippen molar-refractivity contribution < 1.29 is 4.79 Å². The van der Waals surface area contributed by atoms with Crippen molar-refractivity contribution in [2.75, 3.05) is 0 Å². The third-order valence-electron chi connectivity index (χ3n) is 2.33. The van der Waals surface area contributed by atoms with Crippen molar-refractivity contribution in [1.82, 2.24) is 5.32 Å². The summed E-state index contributed by atoms with van der Waals surface area (Å²) in [4.78, 5) is 11.3. The molecule has 0 aromatic heterocycles. The zero-order valence-corrected chi connectivity index (χ0v) is 7.34. The summed E-state index contributed by atoms with van der Waals surface area (Å²) in [5.41, 5.74) is 0. The summed E-state index contributed by atoms with van der Waals surface area (Å²) in [5.74, 6) is -0.546. The lowest BCUT2D eigenvalue weighted by atomic mass is 9.92. The highest BCUT2D eigenvalue weighted by atomic mass is 16.1. The molecule has 0 aliphatic heterocycles. The van der Waals surface area contributed by atoms with Crippen LogP contribution in [0.4, 0.5) is 0 Å². The van der Waals surface area contributed by atoms with E-state index in [1.54, 1.807) is 0 Å². The second-order valence-corrected chi connectivity index (χ2v) is 3.23. The molecule has 66 valence electrons.